The van der Waals surface area contributed by atoms with Gasteiger partial charge in [-0.25, -0.2) is 4.98 Å². The second-order valence-corrected chi connectivity index (χ2v) is 6.46. The molecule has 0 saturated heterocycles. The largest absolute Gasteiger partial charge is 0.350 e. The maximum absolute atomic E-state index is 12.5. The molecule has 0 aliphatic carbocycles. The van der Waals surface area contributed by atoms with Crippen molar-refractivity contribution >= 4 is 28.5 Å². The van der Waals surface area contributed by atoms with Crippen molar-refractivity contribution in [3.05, 3.63) is 53.3 Å². The molecule has 3 rings (SSSR count). The average molecular weight is 351 g/mol. The molecule has 7 heteroatoms. The Kier molecular flexibility index (Phi) is 4.71. The Balaban J connectivity index is 1.75. The molecule has 1 aromatic carbocycles. The number of nitrogens with zero attached hydrogens (tertiary/aromatic N) is 3. The van der Waals surface area contributed by atoms with Crippen LogP contribution in [-0.4, -0.2) is 32.6 Å². The van der Waals surface area contributed by atoms with Crippen molar-refractivity contribution in [2.24, 2.45) is 7.05 Å². The quantitative estimate of drug-likeness (QED) is 0.756. The zero-order valence-corrected chi connectivity index (χ0v) is 15.2. The molecular formula is C19H21N5O2. The van der Waals surface area contributed by atoms with Crippen LogP contribution < -0.4 is 10.6 Å². The lowest BCUT2D eigenvalue weighted by atomic mass is 10.1. The van der Waals surface area contributed by atoms with Gasteiger partial charge in [0.15, 0.2) is 5.65 Å². The fourth-order valence-electron chi connectivity index (χ4n) is 2.69. The summed E-state index contributed by atoms with van der Waals surface area (Å²) >= 11 is 0. The van der Waals surface area contributed by atoms with Crippen molar-refractivity contribution in [2.75, 3.05) is 5.32 Å². The molecule has 0 unspecified atom stereocenters. The molecule has 134 valence electrons. The standard InChI is InChI=1S/C19H21N5O2/c1-11(2)21-18(25)13-5-7-15(8-6-13)22-19(26)14-9-16-12(3)23-24(4)17(16)20-10-14/h5-11H,1-4H3,(H,21,25)(H,22,26). The SMILES string of the molecule is Cc1nn(C)c2ncc(C(=O)Nc3ccc(C(=O)NC(C)C)cc3)cc12. The number of aryl methyl sites for hydroxylation is 2. The number of carbonyl (C=O) groups is 2. The van der Waals surface area contributed by atoms with Crippen LogP contribution in [0.1, 0.15) is 40.3 Å². The van der Waals surface area contributed by atoms with Gasteiger partial charge in [0.25, 0.3) is 11.8 Å². The molecule has 0 fully saturated rings. The van der Waals surface area contributed by atoms with Gasteiger partial charge < -0.3 is 10.6 Å². The first-order valence-electron chi connectivity index (χ1n) is 8.37. The van der Waals surface area contributed by atoms with Gasteiger partial charge >= 0.3 is 0 Å². The topological polar surface area (TPSA) is 88.9 Å². The summed E-state index contributed by atoms with van der Waals surface area (Å²) in [6.07, 6.45) is 1.53. The molecule has 2 N–H and O–H groups in total. The summed E-state index contributed by atoms with van der Waals surface area (Å²) < 4.78 is 1.69. The Labute approximate surface area is 151 Å². The summed E-state index contributed by atoms with van der Waals surface area (Å²) in [6, 6.07) is 8.62. The molecule has 0 atom stereocenters. The number of aromatic nitrogens is 3. The van der Waals surface area contributed by atoms with Crippen LogP contribution in [0.4, 0.5) is 5.69 Å². The Morgan fingerprint density at radius 2 is 1.77 bits per heavy atom. The monoisotopic (exact) mass is 351 g/mol. The van der Waals surface area contributed by atoms with Crippen LogP contribution in [0.2, 0.25) is 0 Å². The van der Waals surface area contributed by atoms with Crippen LogP contribution in [0.5, 0.6) is 0 Å². The minimum atomic E-state index is -0.262. The number of hydrogen-bond acceptors (Lipinski definition) is 4. The number of amides is 2. The van der Waals surface area contributed by atoms with Crippen LogP contribution >= 0.6 is 0 Å². The van der Waals surface area contributed by atoms with E-state index in [-0.39, 0.29) is 17.9 Å². The molecular weight excluding hydrogens is 330 g/mol. The summed E-state index contributed by atoms with van der Waals surface area (Å²) in [4.78, 5) is 28.8. The maximum Gasteiger partial charge on any atom is 0.257 e. The van der Waals surface area contributed by atoms with E-state index in [1.165, 1.54) is 6.20 Å². The number of benzene rings is 1. The molecule has 0 aliphatic heterocycles. The lowest BCUT2D eigenvalue weighted by molar-refractivity contribution is 0.0942. The first kappa shape index (κ1) is 17.6. The zero-order valence-electron chi connectivity index (χ0n) is 15.2. The van der Waals surface area contributed by atoms with Crippen LogP contribution in [0, 0.1) is 6.92 Å². The number of hydrogen-bond donors (Lipinski definition) is 2. The second kappa shape index (κ2) is 6.95. The van der Waals surface area contributed by atoms with Gasteiger partial charge in [-0.3, -0.25) is 14.3 Å². The van der Waals surface area contributed by atoms with Crippen LogP contribution in [0.3, 0.4) is 0 Å². The second-order valence-electron chi connectivity index (χ2n) is 6.46. The highest BCUT2D eigenvalue weighted by molar-refractivity contribution is 6.06. The molecule has 3 aromatic rings. The van der Waals surface area contributed by atoms with Crippen molar-refractivity contribution in [1.82, 2.24) is 20.1 Å². The molecule has 2 amide bonds. The highest BCUT2D eigenvalue weighted by Gasteiger charge is 2.12. The predicted octanol–water partition coefficient (Wildman–Crippen LogP) is 2.67. The summed E-state index contributed by atoms with van der Waals surface area (Å²) in [5.41, 5.74) is 3.17. The van der Waals surface area contributed by atoms with E-state index < -0.39 is 0 Å². The van der Waals surface area contributed by atoms with E-state index in [1.807, 2.05) is 27.8 Å². The molecule has 2 heterocycles. The third-order valence-electron chi connectivity index (χ3n) is 3.95. The molecule has 0 saturated carbocycles. The minimum Gasteiger partial charge on any atom is -0.350 e. The number of pyridine rings is 1. The number of nitrogens with one attached hydrogen (secondary N) is 2. The van der Waals surface area contributed by atoms with E-state index in [4.69, 9.17) is 0 Å². The number of fused-ring (bicyclic) bond motifs is 1. The van der Waals surface area contributed by atoms with E-state index in [2.05, 4.69) is 20.7 Å². The molecule has 0 radical (unpaired) electrons. The van der Waals surface area contributed by atoms with E-state index in [0.717, 1.165) is 16.7 Å². The summed E-state index contributed by atoms with van der Waals surface area (Å²) in [5.74, 6) is -0.401. The summed E-state index contributed by atoms with van der Waals surface area (Å²) in [5, 5.41) is 10.8. The molecule has 7 nitrogen and oxygen atoms in total. The highest BCUT2D eigenvalue weighted by Crippen LogP contribution is 2.18. The van der Waals surface area contributed by atoms with E-state index in [9.17, 15) is 9.59 Å². The summed E-state index contributed by atoms with van der Waals surface area (Å²) in [7, 11) is 1.82. The van der Waals surface area contributed by atoms with Gasteiger partial charge in [0, 0.05) is 35.9 Å². The van der Waals surface area contributed by atoms with Crippen molar-refractivity contribution < 1.29 is 9.59 Å². The molecule has 2 aromatic heterocycles. The first-order chi connectivity index (χ1) is 12.3. The van der Waals surface area contributed by atoms with Gasteiger partial charge in [0.1, 0.15) is 0 Å². The van der Waals surface area contributed by atoms with Crippen molar-refractivity contribution in [2.45, 2.75) is 26.8 Å². The molecule has 0 spiro atoms. The third-order valence-corrected chi connectivity index (χ3v) is 3.95. The molecule has 26 heavy (non-hydrogen) atoms. The Morgan fingerprint density at radius 3 is 2.42 bits per heavy atom. The van der Waals surface area contributed by atoms with Gasteiger partial charge in [-0.1, -0.05) is 0 Å². The van der Waals surface area contributed by atoms with Crippen molar-refractivity contribution in [3.63, 3.8) is 0 Å². The van der Waals surface area contributed by atoms with Gasteiger partial charge in [-0.15, -0.1) is 0 Å². The van der Waals surface area contributed by atoms with Crippen LogP contribution in [0.25, 0.3) is 11.0 Å². The smallest absolute Gasteiger partial charge is 0.257 e. The number of rotatable bonds is 4. The minimum absolute atomic E-state index is 0.0697. The van der Waals surface area contributed by atoms with Gasteiger partial charge in [-0.2, -0.15) is 5.10 Å². The zero-order chi connectivity index (χ0) is 18.8. The van der Waals surface area contributed by atoms with Crippen LogP contribution in [-0.2, 0) is 7.05 Å². The molecule has 0 aliphatic rings. The van der Waals surface area contributed by atoms with Crippen LogP contribution in [0.15, 0.2) is 36.5 Å². The van der Waals surface area contributed by atoms with Gasteiger partial charge in [-0.05, 0) is 51.1 Å². The third kappa shape index (κ3) is 3.56. The molecule has 0 bridgehead atoms. The Hall–Kier alpha value is -3.22. The number of anilines is 1. The lowest BCUT2D eigenvalue weighted by Gasteiger charge is -2.09. The average Bonchev–Trinajstić information content (AvgIpc) is 2.88. The Bertz CT molecular complexity index is 974. The predicted molar refractivity (Wildman–Crippen MR) is 100 cm³/mol. The Morgan fingerprint density at radius 1 is 1.08 bits per heavy atom. The van der Waals surface area contributed by atoms with E-state index in [0.29, 0.717) is 16.8 Å². The van der Waals surface area contributed by atoms with E-state index in [1.54, 1.807) is 35.0 Å². The van der Waals surface area contributed by atoms with Crippen molar-refractivity contribution in [1.29, 1.82) is 0 Å². The highest BCUT2D eigenvalue weighted by atomic mass is 16.2. The van der Waals surface area contributed by atoms with Crippen molar-refractivity contribution in [3.8, 4) is 0 Å². The van der Waals surface area contributed by atoms with Gasteiger partial charge in [0.2, 0.25) is 0 Å². The fraction of sp³-hybridized carbons (Fsp3) is 0.263. The summed E-state index contributed by atoms with van der Waals surface area (Å²) in [6.45, 7) is 5.69. The normalized spacial score (nSPS) is 11.0. The fourth-order valence-corrected chi connectivity index (χ4v) is 2.69. The van der Waals surface area contributed by atoms with E-state index >= 15 is 0 Å². The maximum atomic E-state index is 12.5. The van der Waals surface area contributed by atoms with Gasteiger partial charge in [0.05, 0.1) is 11.3 Å². The lowest BCUT2D eigenvalue weighted by Crippen LogP contribution is -2.30. The first-order valence-corrected chi connectivity index (χ1v) is 8.37. The number of carbonyl (C=O) groups excluding carboxylic acids is 2.